The number of aliphatic hydroxyl groups excluding tert-OH is 4. The minimum Gasteiger partial charge on any atom is -0.462 e. The first-order chi connectivity index (χ1) is 30.5. The van der Waals surface area contributed by atoms with Gasteiger partial charge in [0.05, 0.1) is 61.5 Å². The van der Waals surface area contributed by atoms with Crippen molar-refractivity contribution in [3.63, 3.8) is 0 Å². The van der Waals surface area contributed by atoms with Crippen molar-refractivity contribution in [1.29, 1.82) is 0 Å². The van der Waals surface area contributed by atoms with Gasteiger partial charge in [-0.25, -0.2) is 0 Å². The Morgan fingerprint density at radius 2 is 1.59 bits per heavy atom. The van der Waals surface area contributed by atoms with Gasteiger partial charge in [0.25, 0.3) is 0 Å². The summed E-state index contributed by atoms with van der Waals surface area (Å²) in [6, 6.07) is 4.78. The van der Waals surface area contributed by atoms with Crippen LogP contribution in [-0.4, -0.2) is 172 Å². The number of pyridine rings is 1. The SMILES string of the molecule is CC[C@H]1OC(=O)C[C@@H](O)[C@H](C)[C@@H](O[C@@H]2O[C@H](C)[C@@H](O)C(N(C)C)C2O)[C@@H](CCn2cc(-c3ccccn3)nn2)C[C@@H](C)C(=O)/C=C/C(C)=C/[C@@H]1CO[C@@H]1OC(C)[C@@H](O)[C@H](OC)C1OC. The zero-order valence-corrected chi connectivity index (χ0v) is 38.9. The molecule has 3 aliphatic rings. The summed E-state index contributed by atoms with van der Waals surface area (Å²) in [7, 11) is 6.45. The van der Waals surface area contributed by atoms with E-state index in [2.05, 4.69) is 15.3 Å². The van der Waals surface area contributed by atoms with Crippen LogP contribution >= 0.6 is 0 Å². The van der Waals surface area contributed by atoms with Crippen LogP contribution in [0.2, 0.25) is 0 Å². The third-order valence-corrected chi connectivity index (χ3v) is 12.9. The fraction of sp³-hybridized carbons (Fsp3) is 0.717. The number of methoxy groups -OCH3 is 2. The topological polar surface area (TPSA) is 227 Å². The Bertz CT molecular complexity index is 1830. The molecule has 358 valence electrons. The van der Waals surface area contributed by atoms with E-state index in [4.69, 9.17) is 33.2 Å². The number of cyclic esters (lactones) is 1. The molecule has 18 nitrogen and oxygen atoms in total. The van der Waals surface area contributed by atoms with Gasteiger partial charge in [-0.2, -0.15) is 0 Å². The number of esters is 1. The average molecular weight is 902 g/mol. The Morgan fingerprint density at radius 3 is 2.25 bits per heavy atom. The number of hydrogen-bond donors (Lipinski definition) is 4. The molecule has 2 saturated heterocycles. The molecule has 0 bridgehead atoms. The van der Waals surface area contributed by atoms with Crippen LogP contribution in [-0.2, 0) is 49.3 Å². The summed E-state index contributed by atoms with van der Waals surface area (Å²) < 4.78 is 44.2. The Kier molecular flexibility index (Phi) is 19.1. The Morgan fingerprint density at radius 1 is 0.891 bits per heavy atom. The Hall–Kier alpha value is -3.53. The quantitative estimate of drug-likeness (QED) is 0.212. The van der Waals surface area contributed by atoms with Gasteiger partial charge in [0.2, 0.25) is 0 Å². The molecule has 5 heterocycles. The highest BCUT2D eigenvalue weighted by Gasteiger charge is 2.48. The van der Waals surface area contributed by atoms with E-state index < -0.39 is 116 Å². The molecule has 0 aliphatic carbocycles. The lowest BCUT2D eigenvalue weighted by Crippen LogP contribution is -2.63. The molecule has 2 aromatic heterocycles. The number of aliphatic hydroxyl groups is 4. The van der Waals surface area contributed by atoms with Crippen molar-refractivity contribution in [1.82, 2.24) is 24.9 Å². The standard InChI is InChI=1S/C46H71N5O13/c1-11-36-31(24-60-46-44(59-10)43(58-9)40(56)29(6)62-46)20-25(2)15-16-34(52)26(3)21-30(17-19-51-23-33(48-49-51)32-14-12-13-18-47-32)42(27(4)35(53)22-37(54)63-36)64-45-41(57)38(50(7)8)39(55)28(5)61-45/h12-16,18,20,23,26-31,35-36,38-46,53,55-57H,11,17,19,21-22,24H2,1-10H3/b16-15+,25-20+/t26-,27+,28-,29?,30+,31-,35-,36-,38?,39-,40-,41?,42-,43+,44?,45+,46-/m1/s1. The van der Waals surface area contributed by atoms with Gasteiger partial charge in [-0.15, -0.1) is 5.10 Å². The number of carbonyl (C=O) groups excluding carboxylic acids is 2. The third-order valence-electron chi connectivity index (χ3n) is 12.9. The number of nitrogens with zero attached hydrogens (tertiary/aromatic N) is 5. The minimum absolute atomic E-state index is 0.0154. The summed E-state index contributed by atoms with van der Waals surface area (Å²) in [5.41, 5.74) is 1.96. The van der Waals surface area contributed by atoms with Gasteiger partial charge >= 0.3 is 5.97 Å². The summed E-state index contributed by atoms with van der Waals surface area (Å²) in [6.07, 6.45) is -1.82. The molecule has 0 radical (unpaired) electrons. The molecule has 4 unspecified atom stereocenters. The van der Waals surface area contributed by atoms with E-state index in [0.717, 1.165) is 5.57 Å². The molecule has 64 heavy (non-hydrogen) atoms. The summed E-state index contributed by atoms with van der Waals surface area (Å²) in [4.78, 5) is 34.0. The van der Waals surface area contributed by atoms with Gasteiger partial charge in [-0.3, -0.25) is 19.3 Å². The lowest BCUT2D eigenvalue weighted by molar-refractivity contribution is -0.304. The second kappa shape index (κ2) is 23.8. The molecule has 3 aliphatic heterocycles. The molecule has 0 aromatic carbocycles. The number of ketones is 1. The van der Waals surface area contributed by atoms with Crippen molar-refractivity contribution < 1.29 is 63.2 Å². The number of likely N-dealkylation sites (N-methyl/N-ethyl adjacent to an activating group) is 1. The van der Waals surface area contributed by atoms with Gasteiger partial charge in [0.1, 0.15) is 36.2 Å². The molecule has 4 N–H and O–H groups in total. The maximum Gasteiger partial charge on any atom is 0.308 e. The molecular weight excluding hydrogens is 831 g/mol. The molecule has 5 rings (SSSR count). The van der Waals surface area contributed by atoms with Crippen LogP contribution in [0.3, 0.4) is 0 Å². The van der Waals surface area contributed by atoms with Gasteiger partial charge in [0, 0.05) is 44.7 Å². The maximum atomic E-state index is 14.0. The largest absolute Gasteiger partial charge is 0.462 e. The van der Waals surface area contributed by atoms with Crippen LogP contribution in [0.25, 0.3) is 11.4 Å². The molecule has 0 spiro atoms. The number of hydrogen-bond acceptors (Lipinski definition) is 17. The first-order valence-corrected chi connectivity index (χ1v) is 22.4. The number of allylic oxidation sites excluding steroid dienone is 3. The molecular formula is C46H71N5O13. The highest BCUT2D eigenvalue weighted by molar-refractivity contribution is 5.91. The van der Waals surface area contributed by atoms with Crippen molar-refractivity contribution in [3.05, 3.63) is 54.4 Å². The van der Waals surface area contributed by atoms with E-state index in [-0.39, 0.29) is 12.4 Å². The number of aryl methyl sites for hydroxylation is 1. The van der Waals surface area contributed by atoms with Gasteiger partial charge in [0.15, 0.2) is 18.4 Å². The summed E-state index contributed by atoms with van der Waals surface area (Å²) in [5.74, 6) is -3.07. The van der Waals surface area contributed by atoms with Crippen molar-refractivity contribution in [2.75, 3.05) is 34.9 Å². The Balaban J connectivity index is 1.47. The zero-order valence-electron chi connectivity index (χ0n) is 38.9. The van der Waals surface area contributed by atoms with E-state index in [0.29, 0.717) is 37.2 Å². The first kappa shape index (κ1) is 51.5. The lowest BCUT2D eigenvalue weighted by Gasteiger charge is -2.46. The Labute approximate surface area is 376 Å². The van der Waals surface area contributed by atoms with Crippen LogP contribution < -0.4 is 0 Å². The zero-order chi connectivity index (χ0) is 46.8. The number of aromatic nitrogens is 4. The predicted octanol–water partition coefficient (Wildman–Crippen LogP) is 2.72. The first-order valence-electron chi connectivity index (χ1n) is 22.4. The normalized spacial score (nSPS) is 38.7. The molecule has 0 saturated carbocycles. The average Bonchev–Trinajstić information content (AvgIpc) is 3.75. The number of rotatable bonds is 13. The van der Waals surface area contributed by atoms with Crippen LogP contribution in [0.5, 0.6) is 0 Å². The van der Waals surface area contributed by atoms with Gasteiger partial charge < -0.3 is 58.5 Å². The molecule has 2 fully saturated rings. The highest BCUT2D eigenvalue weighted by atomic mass is 16.7. The molecule has 17 atom stereocenters. The lowest BCUT2D eigenvalue weighted by atomic mass is 9.79. The molecule has 18 heteroatoms. The molecule has 2 aromatic rings. The van der Waals surface area contributed by atoms with E-state index in [1.807, 2.05) is 45.0 Å². The van der Waals surface area contributed by atoms with Crippen LogP contribution in [0.1, 0.15) is 67.2 Å². The number of ether oxygens (including phenoxy) is 7. The summed E-state index contributed by atoms with van der Waals surface area (Å²) in [6.45, 7) is 11.1. The predicted molar refractivity (Wildman–Crippen MR) is 233 cm³/mol. The maximum absolute atomic E-state index is 14.0. The van der Waals surface area contributed by atoms with Gasteiger partial charge in [-0.05, 0) is 78.3 Å². The fourth-order valence-corrected chi connectivity index (χ4v) is 9.02. The van der Waals surface area contributed by atoms with Crippen LogP contribution in [0.15, 0.2) is 54.4 Å². The van der Waals surface area contributed by atoms with E-state index >= 15 is 0 Å². The van der Waals surface area contributed by atoms with Crippen LogP contribution in [0, 0.1) is 23.7 Å². The van der Waals surface area contributed by atoms with E-state index in [1.165, 1.54) is 20.3 Å². The fourth-order valence-electron chi connectivity index (χ4n) is 9.02. The highest BCUT2D eigenvalue weighted by Crippen LogP contribution is 2.35. The second-order valence-electron chi connectivity index (χ2n) is 17.8. The smallest absolute Gasteiger partial charge is 0.308 e. The van der Waals surface area contributed by atoms with E-state index in [9.17, 15) is 30.0 Å². The monoisotopic (exact) mass is 902 g/mol. The number of carbonyl (C=O) groups is 2. The van der Waals surface area contributed by atoms with Gasteiger partial charge in [-0.1, -0.05) is 49.8 Å². The van der Waals surface area contributed by atoms with Crippen molar-refractivity contribution in [2.45, 2.75) is 153 Å². The summed E-state index contributed by atoms with van der Waals surface area (Å²) in [5, 5.41) is 53.9. The summed E-state index contributed by atoms with van der Waals surface area (Å²) >= 11 is 0. The van der Waals surface area contributed by atoms with Crippen molar-refractivity contribution in [3.8, 4) is 11.4 Å². The van der Waals surface area contributed by atoms with Crippen molar-refractivity contribution in [2.24, 2.45) is 23.7 Å². The minimum atomic E-state index is -1.30. The third kappa shape index (κ3) is 12.9. The molecule has 0 amide bonds. The second-order valence-corrected chi connectivity index (χ2v) is 17.8. The van der Waals surface area contributed by atoms with E-state index in [1.54, 1.807) is 62.9 Å². The van der Waals surface area contributed by atoms with Crippen molar-refractivity contribution >= 4 is 11.8 Å². The van der Waals surface area contributed by atoms with Crippen LogP contribution in [0.4, 0.5) is 0 Å².